The molecule has 0 unspecified atom stereocenters. The number of rotatable bonds is 2. The van der Waals surface area contributed by atoms with Crippen LogP contribution in [0.4, 0.5) is 19.1 Å². The van der Waals surface area contributed by atoms with Gasteiger partial charge in [-0.25, -0.2) is 4.98 Å². The first-order valence-corrected chi connectivity index (χ1v) is 7.67. The molecule has 0 atom stereocenters. The zero-order valence-corrected chi connectivity index (χ0v) is 13.3. The van der Waals surface area contributed by atoms with Crippen LogP contribution in [0.2, 0.25) is 0 Å². The van der Waals surface area contributed by atoms with E-state index in [1.54, 1.807) is 35.2 Å². The summed E-state index contributed by atoms with van der Waals surface area (Å²) in [4.78, 5) is 13.0. The van der Waals surface area contributed by atoms with Crippen LogP contribution in [0.3, 0.4) is 0 Å². The maximum absolute atomic E-state index is 12.8. The standard InChI is InChI=1S/C18H12F3N5/c19-18(20,21)11-4-6-12(7-5-11)26-14-8-10-24-15(16(14)25-17(26)22)13-3-1-2-9-23-13/h1-10H,(H2,22,25). The fraction of sp³-hybridized carbons (Fsp3) is 0.0556. The summed E-state index contributed by atoms with van der Waals surface area (Å²) in [6.45, 7) is 0. The summed E-state index contributed by atoms with van der Waals surface area (Å²) in [5.41, 5.74) is 8.16. The molecule has 130 valence electrons. The molecule has 0 bridgehead atoms. The molecule has 4 aromatic rings. The minimum absolute atomic E-state index is 0.157. The van der Waals surface area contributed by atoms with E-state index in [1.807, 2.05) is 6.07 Å². The molecule has 5 nitrogen and oxygen atoms in total. The highest BCUT2D eigenvalue weighted by molar-refractivity contribution is 5.91. The van der Waals surface area contributed by atoms with Crippen molar-refractivity contribution in [3.05, 3.63) is 66.5 Å². The van der Waals surface area contributed by atoms with Gasteiger partial charge in [0, 0.05) is 18.1 Å². The van der Waals surface area contributed by atoms with Crippen molar-refractivity contribution in [3.63, 3.8) is 0 Å². The minimum atomic E-state index is -4.39. The second-order valence-electron chi connectivity index (χ2n) is 5.59. The maximum Gasteiger partial charge on any atom is 0.416 e. The second-order valence-corrected chi connectivity index (χ2v) is 5.59. The number of anilines is 1. The number of benzene rings is 1. The van der Waals surface area contributed by atoms with E-state index in [1.165, 1.54) is 12.1 Å². The Morgan fingerprint density at radius 2 is 1.65 bits per heavy atom. The third-order valence-corrected chi connectivity index (χ3v) is 3.96. The lowest BCUT2D eigenvalue weighted by Crippen LogP contribution is -2.06. The van der Waals surface area contributed by atoms with Gasteiger partial charge in [0.2, 0.25) is 5.95 Å². The molecule has 4 rings (SSSR count). The van der Waals surface area contributed by atoms with Crippen LogP contribution in [0, 0.1) is 0 Å². The van der Waals surface area contributed by atoms with Gasteiger partial charge < -0.3 is 5.73 Å². The Morgan fingerprint density at radius 1 is 0.885 bits per heavy atom. The predicted octanol–water partition coefficient (Wildman–Crippen LogP) is 4.08. The predicted molar refractivity (Wildman–Crippen MR) is 91.5 cm³/mol. The molecule has 0 aliphatic carbocycles. The van der Waals surface area contributed by atoms with Crippen LogP contribution in [0.5, 0.6) is 0 Å². The van der Waals surface area contributed by atoms with E-state index in [2.05, 4.69) is 15.0 Å². The van der Waals surface area contributed by atoms with Crippen LogP contribution in [0.25, 0.3) is 28.1 Å². The molecule has 8 heteroatoms. The average molecular weight is 355 g/mol. The Balaban J connectivity index is 1.88. The van der Waals surface area contributed by atoms with Crippen molar-refractivity contribution in [2.75, 3.05) is 5.73 Å². The van der Waals surface area contributed by atoms with E-state index in [0.29, 0.717) is 28.1 Å². The largest absolute Gasteiger partial charge is 0.416 e. The SMILES string of the molecule is Nc1nc2c(-c3ccccn3)nccc2n1-c1ccc(C(F)(F)F)cc1. The Bertz CT molecular complexity index is 1070. The highest BCUT2D eigenvalue weighted by Gasteiger charge is 2.30. The number of nitrogens with two attached hydrogens (primary N) is 1. The van der Waals surface area contributed by atoms with Gasteiger partial charge in [0.05, 0.1) is 16.8 Å². The smallest absolute Gasteiger partial charge is 0.369 e. The molecule has 2 N–H and O–H groups in total. The van der Waals surface area contributed by atoms with Crippen molar-refractivity contribution in [2.24, 2.45) is 0 Å². The van der Waals surface area contributed by atoms with Crippen molar-refractivity contribution < 1.29 is 13.2 Å². The maximum atomic E-state index is 12.8. The van der Waals surface area contributed by atoms with E-state index in [-0.39, 0.29) is 5.95 Å². The van der Waals surface area contributed by atoms with E-state index in [9.17, 15) is 13.2 Å². The van der Waals surface area contributed by atoms with Crippen molar-refractivity contribution >= 4 is 17.0 Å². The van der Waals surface area contributed by atoms with Gasteiger partial charge in [0.15, 0.2) is 0 Å². The molecule has 0 aliphatic heterocycles. The first-order valence-electron chi connectivity index (χ1n) is 7.67. The van der Waals surface area contributed by atoms with Gasteiger partial charge >= 0.3 is 6.18 Å². The van der Waals surface area contributed by atoms with E-state index >= 15 is 0 Å². The van der Waals surface area contributed by atoms with Crippen LogP contribution in [0.15, 0.2) is 60.9 Å². The van der Waals surface area contributed by atoms with E-state index < -0.39 is 11.7 Å². The highest BCUT2D eigenvalue weighted by atomic mass is 19.4. The Kier molecular flexibility index (Phi) is 3.61. The Hall–Kier alpha value is -3.42. The van der Waals surface area contributed by atoms with Crippen LogP contribution in [-0.4, -0.2) is 19.5 Å². The van der Waals surface area contributed by atoms with Gasteiger partial charge in [-0.05, 0) is 42.5 Å². The zero-order valence-electron chi connectivity index (χ0n) is 13.3. The zero-order chi connectivity index (χ0) is 18.3. The van der Waals surface area contributed by atoms with Gasteiger partial charge in [-0.1, -0.05) is 6.07 Å². The molecule has 3 aromatic heterocycles. The lowest BCUT2D eigenvalue weighted by Gasteiger charge is -2.10. The van der Waals surface area contributed by atoms with Crippen molar-refractivity contribution in [1.82, 2.24) is 19.5 Å². The Morgan fingerprint density at radius 3 is 2.31 bits per heavy atom. The van der Waals surface area contributed by atoms with Crippen molar-refractivity contribution in [1.29, 1.82) is 0 Å². The van der Waals surface area contributed by atoms with Crippen LogP contribution < -0.4 is 5.73 Å². The van der Waals surface area contributed by atoms with Crippen LogP contribution in [0.1, 0.15) is 5.56 Å². The molecular formula is C18H12F3N5. The molecule has 0 amide bonds. The van der Waals surface area contributed by atoms with Gasteiger partial charge in [0.25, 0.3) is 0 Å². The number of aromatic nitrogens is 4. The topological polar surface area (TPSA) is 69.6 Å². The quantitative estimate of drug-likeness (QED) is 0.588. The van der Waals surface area contributed by atoms with Crippen molar-refractivity contribution in [2.45, 2.75) is 6.18 Å². The molecule has 1 aromatic carbocycles. The number of nitrogens with zero attached hydrogens (tertiary/aromatic N) is 4. The van der Waals surface area contributed by atoms with Gasteiger partial charge in [-0.2, -0.15) is 13.2 Å². The second kappa shape index (κ2) is 5.83. The van der Waals surface area contributed by atoms with Gasteiger partial charge in [0.1, 0.15) is 11.2 Å². The molecule has 0 spiro atoms. The molecule has 0 fully saturated rings. The summed E-state index contributed by atoms with van der Waals surface area (Å²) in [5, 5.41) is 0. The third-order valence-electron chi connectivity index (χ3n) is 3.96. The fourth-order valence-electron chi connectivity index (χ4n) is 2.78. The summed E-state index contributed by atoms with van der Waals surface area (Å²) < 4.78 is 39.9. The lowest BCUT2D eigenvalue weighted by molar-refractivity contribution is -0.137. The van der Waals surface area contributed by atoms with Crippen LogP contribution in [-0.2, 0) is 6.18 Å². The number of imidazole rings is 1. The Labute approximate surface area is 146 Å². The minimum Gasteiger partial charge on any atom is -0.369 e. The summed E-state index contributed by atoms with van der Waals surface area (Å²) in [6, 6.07) is 11.9. The monoisotopic (exact) mass is 355 g/mol. The summed E-state index contributed by atoms with van der Waals surface area (Å²) in [7, 11) is 0. The molecule has 0 aliphatic rings. The van der Waals surface area contributed by atoms with E-state index in [0.717, 1.165) is 12.1 Å². The third kappa shape index (κ3) is 2.65. The first kappa shape index (κ1) is 16.1. The number of fused-ring (bicyclic) bond motifs is 1. The molecule has 0 radical (unpaired) electrons. The normalized spacial score (nSPS) is 11.8. The fourth-order valence-corrected chi connectivity index (χ4v) is 2.78. The lowest BCUT2D eigenvalue weighted by atomic mass is 10.2. The molecule has 0 saturated heterocycles. The molecule has 26 heavy (non-hydrogen) atoms. The number of halogens is 3. The number of alkyl halides is 3. The van der Waals surface area contributed by atoms with Gasteiger partial charge in [-0.15, -0.1) is 0 Å². The molecule has 0 saturated carbocycles. The first-order chi connectivity index (χ1) is 12.4. The number of pyridine rings is 2. The van der Waals surface area contributed by atoms with E-state index in [4.69, 9.17) is 5.73 Å². The highest BCUT2D eigenvalue weighted by Crippen LogP contribution is 2.32. The summed E-state index contributed by atoms with van der Waals surface area (Å²) in [5.74, 6) is 0.157. The van der Waals surface area contributed by atoms with Gasteiger partial charge in [-0.3, -0.25) is 14.5 Å². The number of nitrogen functional groups attached to an aromatic ring is 1. The summed E-state index contributed by atoms with van der Waals surface area (Å²) in [6.07, 6.45) is -1.16. The number of hydrogen-bond acceptors (Lipinski definition) is 4. The number of hydrogen-bond donors (Lipinski definition) is 1. The molecular weight excluding hydrogens is 343 g/mol. The van der Waals surface area contributed by atoms with Crippen LogP contribution >= 0.6 is 0 Å². The van der Waals surface area contributed by atoms with Crippen molar-refractivity contribution in [3.8, 4) is 17.1 Å². The average Bonchev–Trinajstić information content (AvgIpc) is 2.97. The molecule has 3 heterocycles. The summed E-state index contributed by atoms with van der Waals surface area (Å²) >= 11 is 0.